The molecule has 15 heavy (non-hydrogen) atoms. The second-order valence-corrected chi connectivity index (χ2v) is 4.18. The van der Waals surface area contributed by atoms with Crippen LogP contribution < -0.4 is 5.14 Å². The van der Waals surface area contributed by atoms with Crippen LogP contribution in [0.25, 0.3) is 0 Å². The van der Waals surface area contributed by atoms with Gasteiger partial charge in [-0.2, -0.15) is 0 Å². The fourth-order valence-corrected chi connectivity index (χ4v) is 1.54. The van der Waals surface area contributed by atoms with E-state index in [1.807, 2.05) is 0 Å². The fraction of sp³-hybridized carbons (Fsp3) is 0.111. The topological polar surface area (TPSA) is 80.4 Å². The Hall–Kier alpha value is -1.42. The Morgan fingerprint density at radius 1 is 1.47 bits per heavy atom. The van der Waals surface area contributed by atoms with Gasteiger partial charge in [0.2, 0.25) is 10.0 Å². The predicted octanol–water partition coefficient (Wildman–Crippen LogP) is -0.183. The van der Waals surface area contributed by atoms with E-state index >= 15 is 0 Å². The highest BCUT2D eigenvalue weighted by molar-refractivity contribution is 7.89. The summed E-state index contributed by atoms with van der Waals surface area (Å²) in [7, 11) is -4.04. The first-order valence-electron chi connectivity index (χ1n) is 3.87. The quantitative estimate of drug-likeness (QED) is 0.655. The molecule has 0 bridgehead atoms. The van der Waals surface area contributed by atoms with Gasteiger partial charge < -0.3 is 5.11 Å². The average molecular weight is 229 g/mol. The molecule has 0 fully saturated rings. The third-order valence-corrected chi connectivity index (χ3v) is 2.49. The molecule has 0 unspecified atom stereocenters. The maximum atomic E-state index is 13.2. The van der Waals surface area contributed by atoms with Gasteiger partial charge in [-0.05, 0) is 18.2 Å². The Bertz CT molecular complexity index is 528. The molecular weight excluding hydrogens is 221 g/mol. The largest absolute Gasteiger partial charge is 0.384 e. The van der Waals surface area contributed by atoms with E-state index in [1.165, 1.54) is 6.07 Å². The number of aliphatic hydroxyl groups excluding tert-OH is 1. The summed E-state index contributed by atoms with van der Waals surface area (Å²) in [5.74, 6) is 3.79. The van der Waals surface area contributed by atoms with Gasteiger partial charge in [0.15, 0.2) is 0 Å². The first-order chi connectivity index (χ1) is 6.95. The summed E-state index contributed by atoms with van der Waals surface area (Å²) in [6, 6.07) is 3.29. The van der Waals surface area contributed by atoms with Crippen LogP contribution in [0.5, 0.6) is 0 Å². The zero-order valence-electron chi connectivity index (χ0n) is 7.57. The molecule has 0 aliphatic carbocycles. The molecule has 0 aromatic heterocycles. The van der Waals surface area contributed by atoms with Gasteiger partial charge in [-0.1, -0.05) is 11.8 Å². The van der Waals surface area contributed by atoms with Crippen molar-refractivity contribution in [1.82, 2.24) is 0 Å². The van der Waals surface area contributed by atoms with Crippen LogP contribution in [0.15, 0.2) is 23.1 Å². The molecule has 0 spiro atoms. The molecule has 1 aromatic carbocycles. The Kier molecular flexibility index (Phi) is 3.42. The molecule has 1 aromatic rings. The van der Waals surface area contributed by atoms with Crippen molar-refractivity contribution in [2.45, 2.75) is 4.90 Å². The first-order valence-corrected chi connectivity index (χ1v) is 5.42. The first kappa shape index (κ1) is 11.7. The van der Waals surface area contributed by atoms with Crippen LogP contribution in [0.3, 0.4) is 0 Å². The van der Waals surface area contributed by atoms with Crippen LogP contribution in [-0.2, 0) is 10.0 Å². The summed E-state index contributed by atoms with van der Waals surface area (Å²) in [6.45, 7) is -0.349. The monoisotopic (exact) mass is 229 g/mol. The molecule has 80 valence electrons. The van der Waals surface area contributed by atoms with Crippen LogP contribution >= 0.6 is 0 Å². The Morgan fingerprint density at radius 2 is 2.13 bits per heavy atom. The number of aliphatic hydroxyl groups is 1. The average Bonchev–Trinajstić information content (AvgIpc) is 2.12. The minimum Gasteiger partial charge on any atom is -0.384 e. The summed E-state index contributed by atoms with van der Waals surface area (Å²) in [4.78, 5) is -0.572. The molecule has 0 atom stereocenters. The molecule has 0 amide bonds. The Labute approximate surface area is 86.6 Å². The van der Waals surface area contributed by atoms with E-state index in [2.05, 4.69) is 11.8 Å². The number of halogens is 1. The Balaban J connectivity index is 3.21. The molecule has 0 radical (unpaired) electrons. The lowest BCUT2D eigenvalue weighted by molar-refractivity contribution is 0.350. The zero-order valence-corrected chi connectivity index (χ0v) is 8.38. The van der Waals surface area contributed by atoms with Gasteiger partial charge in [-0.15, -0.1) is 0 Å². The molecule has 0 aliphatic rings. The number of benzene rings is 1. The summed E-state index contributed by atoms with van der Waals surface area (Å²) in [6.07, 6.45) is 0. The number of rotatable bonds is 1. The summed E-state index contributed by atoms with van der Waals surface area (Å²) in [5, 5.41) is 13.2. The van der Waals surface area contributed by atoms with E-state index in [0.29, 0.717) is 0 Å². The number of primary sulfonamides is 1. The van der Waals surface area contributed by atoms with Gasteiger partial charge in [-0.3, -0.25) is 0 Å². The molecule has 3 N–H and O–H groups in total. The highest BCUT2D eigenvalue weighted by atomic mass is 32.2. The maximum absolute atomic E-state index is 13.2. The zero-order chi connectivity index (χ0) is 11.5. The third-order valence-electron chi connectivity index (χ3n) is 1.55. The van der Waals surface area contributed by atoms with E-state index in [1.54, 1.807) is 0 Å². The highest BCUT2D eigenvalue weighted by Crippen LogP contribution is 2.13. The summed E-state index contributed by atoms with van der Waals surface area (Å²) >= 11 is 0. The van der Waals surface area contributed by atoms with Crippen molar-refractivity contribution in [2.24, 2.45) is 5.14 Å². The highest BCUT2D eigenvalue weighted by Gasteiger charge is 2.13. The number of nitrogens with two attached hydrogens (primary N) is 1. The van der Waals surface area contributed by atoms with E-state index in [-0.39, 0.29) is 12.2 Å². The van der Waals surface area contributed by atoms with Crippen LogP contribution in [0.1, 0.15) is 5.56 Å². The molecule has 0 heterocycles. The minimum atomic E-state index is -4.04. The van der Waals surface area contributed by atoms with Crippen molar-refractivity contribution >= 4 is 10.0 Å². The van der Waals surface area contributed by atoms with E-state index in [4.69, 9.17) is 10.2 Å². The third kappa shape index (κ3) is 3.02. The molecule has 0 saturated carbocycles. The fourth-order valence-electron chi connectivity index (χ4n) is 0.951. The van der Waals surface area contributed by atoms with Crippen molar-refractivity contribution in [2.75, 3.05) is 6.61 Å². The molecule has 4 nitrogen and oxygen atoms in total. The Morgan fingerprint density at radius 3 is 2.60 bits per heavy atom. The normalized spacial score (nSPS) is 10.6. The standard InChI is InChI=1S/C9H8FNO3S/c10-8-6-7(2-1-5-12)3-4-9(8)15(11,13)14/h3-4,6,12H,5H2,(H2,11,13,14). The van der Waals surface area contributed by atoms with Crippen molar-refractivity contribution < 1.29 is 17.9 Å². The summed E-state index contributed by atoms with van der Waals surface area (Å²) < 4.78 is 34.9. The molecule has 0 saturated heterocycles. The van der Waals surface area contributed by atoms with Crippen molar-refractivity contribution in [3.8, 4) is 11.8 Å². The van der Waals surface area contributed by atoms with Crippen LogP contribution in [0, 0.1) is 17.7 Å². The number of hydrogen-bond donors (Lipinski definition) is 2. The smallest absolute Gasteiger partial charge is 0.240 e. The van der Waals surface area contributed by atoms with Crippen LogP contribution in [-0.4, -0.2) is 20.1 Å². The molecule has 0 aliphatic heterocycles. The molecule has 6 heteroatoms. The maximum Gasteiger partial charge on any atom is 0.240 e. The van der Waals surface area contributed by atoms with Gasteiger partial charge in [0.25, 0.3) is 0 Å². The lowest BCUT2D eigenvalue weighted by atomic mass is 10.2. The van der Waals surface area contributed by atoms with Gasteiger partial charge in [0.05, 0.1) is 0 Å². The second kappa shape index (κ2) is 4.40. The van der Waals surface area contributed by atoms with Gasteiger partial charge in [0, 0.05) is 5.56 Å². The predicted molar refractivity (Wildman–Crippen MR) is 51.7 cm³/mol. The lowest BCUT2D eigenvalue weighted by Crippen LogP contribution is -2.14. The number of hydrogen-bond acceptors (Lipinski definition) is 3. The van der Waals surface area contributed by atoms with Gasteiger partial charge >= 0.3 is 0 Å². The van der Waals surface area contributed by atoms with Gasteiger partial charge in [0.1, 0.15) is 17.3 Å². The van der Waals surface area contributed by atoms with Crippen LogP contribution in [0.4, 0.5) is 4.39 Å². The SMILES string of the molecule is NS(=O)(=O)c1ccc(C#CCO)cc1F. The van der Waals surface area contributed by atoms with E-state index in [9.17, 15) is 12.8 Å². The second-order valence-electron chi connectivity index (χ2n) is 2.65. The number of sulfonamides is 1. The van der Waals surface area contributed by atoms with E-state index in [0.717, 1.165) is 12.1 Å². The van der Waals surface area contributed by atoms with E-state index < -0.39 is 20.7 Å². The molecule has 1 rings (SSSR count). The molecular formula is C9H8FNO3S. The van der Waals surface area contributed by atoms with Crippen molar-refractivity contribution in [3.05, 3.63) is 29.6 Å². The minimum absolute atomic E-state index is 0.272. The van der Waals surface area contributed by atoms with Crippen molar-refractivity contribution in [3.63, 3.8) is 0 Å². The van der Waals surface area contributed by atoms with Crippen LogP contribution in [0.2, 0.25) is 0 Å². The summed E-state index contributed by atoms with van der Waals surface area (Å²) in [5.41, 5.74) is 0.272. The lowest BCUT2D eigenvalue weighted by Gasteiger charge is -1.99. The van der Waals surface area contributed by atoms with Crippen molar-refractivity contribution in [1.29, 1.82) is 0 Å². The van der Waals surface area contributed by atoms with Gasteiger partial charge in [-0.25, -0.2) is 17.9 Å².